The van der Waals surface area contributed by atoms with Crippen molar-refractivity contribution in [1.29, 1.82) is 5.26 Å². The van der Waals surface area contributed by atoms with E-state index in [1.165, 1.54) is 18.1 Å². The number of esters is 2. The number of phenolic OH excluding ortho intramolecular Hbond substituents is 1. The minimum Gasteiger partial charge on any atom is -0.508 e. The molecule has 4 bridgehead atoms. The Morgan fingerprint density at radius 3 is 2.59 bits per heavy atom. The van der Waals surface area contributed by atoms with Crippen LogP contribution in [0, 0.1) is 39.0 Å². The van der Waals surface area contributed by atoms with E-state index in [1.54, 1.807) is 24.9 Å². The van der Waals surface area contributed by atoms with Gasteiger partial charge < -0.3 is 24.1 Å². The zero-order chi connectivity index (χ0) is 38.0. The third-order valence-corrected chi connectivity index (χ3v) is 14.5. The van der Waals surface area contributed by atoms with Crippen molar-refractivity contribution in [3.05, 3.63) is 79.4 Å². The van der Waals surface area contributed by atoms with Gasteiger partial charge in [-0.05, 0) is 104 Å². The first-order chi connectivity index (χ1) is 25.9. The maximum absolute atomic E-state index is 14.8. The molecule has 282 valence electrons. The molecule has 0 amide bonds. The Morgan fingerprint density at radius 2 is 1.85 bits per heavy atom. The van der Waals surface area contributed by atoms with Crippen LogP contribution >= 0.6 is 11.8 Å². The maximum atomic E-state index is 14.8. The number of carbonyl (C=O) groups excluding carboxylic acids is 2. The normalized spacial score (nSPS) is 29.5. The average Bonchev–Trinajstić information content (AvgIpc) is 3.63. The fraction of sp³-hybridized carbons (Fsp3) is 0.500. The van der Waals surface area contributed by atoms with Crippen LogP contribution in [0.4, 0.5) is 0 Å². The zero-order valence-corrected chi connectivity index (χ0v) is 32.6. The van der Waals surface area contributed by atoms with Crippen molar-refractivity contribution in [2.75, 3.05) is 39.7 Å². The van der Waals surface area contributed by atoms with Crippen molar-refractivity contribution in [3.8, 4) is 29.1 Å². The number of hydrogen-bond donors (Lipinski definition) is 2. The van der Waals surface area contributed by atoms with Crippen LogP contribution in [0.3, 0.4) is 0 Å². The first kappa shape index (κ1) is 35.4. The molecule has 3 aromatic rings. The monoisotopic (exact) mass is 750 g/mol. The molecule has 0 aliphatic carbocycles. The van der Waals surface area contributed by atoms with E-state index < -0.39 is 23.6 Å². The van der Waals surface area contributed by atoms with Gasteiger partial charge in [0.25, 0.3) is 0 Å². The summed E-state index contributed by atoms with van der Waals surface area (Å²) in [5.74, 6) is 1.75. The van der Waals surface area contributed by atoms with Gasteiger partial charge >= 0.3 is 11.9 Å². The molecule has 2 N–H and O–H groups in total. The number of nitrogens with one attached hydrogen (secondary N) is 1. The molecule has 7 aliphatic heterocycles. The summed E-state index contributed by atoms with van der Waals surface area (Å²) in [7, 11) is 3.85. The number of hydrogen-bond acceptors (Lipinski definition) is 12. The van der Waals surface area contributed by atoms with Gasteiger partial charge in [-0.1, -0.05) is 6.07 Å². The second-order valence-corrected chi connectivity index (χ2v) is 17.0. The standard InChI is InChI=1S/C42H46N4O7S/c1-19-13-27-24(15-31(19)48)8-10-44-42(27)18-54-40-34-33(26-9-11-51-38(26)22(4)39(34)53-23(5)47)30(17-52-41(42)49)46-29(16-43)28-14-25-12-20(2)37(50-7)21(3)32(25)35(36(40)46)45(28)6/h12-13,15,28-30,35-36,40,44,48H,8-11,14,17-18H2,1-7H3/t28-,29-,30-,35+,36?,40+,42+/m0/s1. The van der Waals surface area contributed by atoms with Gasteiger partial charge in [0.2, 0.25) is 0 Å². The molecular formula is C42H46N4O7S. The van der Waals surface area contributed by atoms with Gasteiger partial charge in [-0.15, -0.1) is 11.8 Å². The van der Waals surface area contributed by atoms with Crippen molar-refractivity contribution in [2.45, 2.75) is 94.9 Å². The van der Waals surface area contributed by atoms with Crippen LogP contribution in [-0.4, -0.2) is 84.6 Å². The van der Waals surface area contributed by atoms with Crippen LogP contribution in [0.15, 0.2) is 18.2 Å². The Balaban J connectivity index is 1.34. The first-order valence-corrected chi connectivity index (χ1v) is 19.9. The Labute approximate surface area is 319 Å². The van der Waals surface area contributed by atoms with E-state index in [1.807, 2.05) is 19.9 Å². The number of benzene rings is 3. The van der Waals surface area contributed by atoms with E-state index >= 15 is 0 Å². The van der Waals surface area contributed by atoms with Crippen LogP contribution < -0.4 is 19.5 Å². The largest absolute Gasteiger partial charge is 0.508 e. The molecule has 7 atom stereocenters. The highest BCUT2D eigenvalue weighted by molar-refractivity contribution is 7.99. The summed E-state index contributed by atoms with van der Waals surface area (Å²) in [4.78, 5) is 32.5. The van der Waals surface area contributed by atoms with E-state index in [4.69, 9.17) is 18.9 Å². The van der Waals surface area contributed by atoms with E-state index in [0.717, 1.165) is 50.3 Å². The lowest BCUT2D eigenvalue weighted by Crippen LogP contribution is -2.69. The molecule has 0 aromatic heterocycles. The SMILES string of the molecule is COc1c(C)cc2c(c1C)[C@@H]1C3[C@@H]4SC[C@]5(NCCc6cc(O)c(C)cc65)C(=O)OC[C@@H](c5c6c(c(C)c(OC(C)=O)c54)OCC6)N3[C@@H](C#N)[C@H](C2)N1C. The lowest BCUT2D eigenvalue weighted by Gasteiger charge is -2.62. The van der Waals surface area contributed by atoms with E-state index in [0.29, 0.717) is 55.2 Å². The van der Waals surface area contributed by atoms with Crippen molar-refractivity contribution in [2.24, 2.45) is 0 Å². The highest BCUT2D eigenvalue weighted by Gasteiger charge is 2.61. The summed E-state index contributed by atoms with van der Waals surface area (Å²) in [6.07, 6.45) is 2.01. The van der Waals surface area contributed by atoms with E-state index in [2.05, 4.69) is 48.1 Å². The highest BCUT2D eigenvalue weighted by atomic mass is 32.2. The Morgan fingerprint density at radius 1 is 1.06 bits per heavy atom. The fourth-order valence-electron chi connectivity index (χ4n) is 10.9. The smallest absolute Gasteiger partial charge is 0.331 e. The molecule has 0 saturated carbocycles. The number of carbonyl (C=O) groups is 2. The molecule has 0 radical (unpaired) electrons. The number of ether oxygens (including phenoxy) is 4. The molecule has 1 spiro atoms. The Kier molecular flexibility index (Phi) is 8.29. The third-order valence-electron chi connectivity index (χ3n) is 13.1. The number of aromatic hydroxyl groups is 1. The molecule has 2 fully saturated rings. The number of fused-ring (bicyclic) bond motifs is 9. The Hall–Kier alpha value is -4.28. The van der Waals surface area contributed by atoms with Crippen molar-refractivity contribution < 1.29 is 33.6 Å². The van der Waals surface area contributed by atoms with Gasteiger partial charge in [0.15, 0.2) is 5.54 Å². The van der Waals surface area contributed by atoms with Crippen molar-refractivity contribution >= 4 is 23.7 Å². The third kappa shape index (κ3) is 4.77. The van der Waals surface area contributed by atoms with E-state index in [-0.39, 0.29) is 41.7 Å². The summed E-state index contributed by atoms with van der Waals surface area (Å²) >= 11 is 1.65. The predicted molar refractivity (Wildman–Crippen MR) is 202 cm³/mol. The molecular weight excluding hydrogens is 705 g/mol. The molecule has 3 aromatic carbocycles. The second-order valence-electron chi connectivity index (χ2n) is 15.8. The average molecular weight is 751 g/mol. The van der Waals surface area contributed by atoms with E-state index in [9.17, 15) is 20.0 Å². The van der Waals surface area contributed by atoms with Crippen LogP contribution in [0.2, 0.25) is 0 Å². The maximum Gasteiger partial charge on any atom is 0.331 e. The fourth-order valence-corrected chi connectivity index (χ4v) is 12.6. The van der Waals surface area contributed by atoms with Crippen LogP contribution in [0.25, 0.3) is 0 Å². The van der Waals surface area contributed by atoms with Crippen molar-refractivity contribution in [3.63, 3.8) is 0 Å². The second kappa shape index (κ2) is 12.6. The number of likely N-dealkylation sites (N-methyl/N-ethyl adjacent to an activating group) is 1. The van der Waals surface area contributed by atoms with Gasteiger partial charge in [-0.25, -0.2) is 4.79 Å². The quantitative estimate of drug-likeness (QED) is 0.267. The number of nitrogens with zero attached hydrogens (tertiary/aromatic N) is 3. The van der Waals surface area contributed by atoms with Gasteiger partial charge in [0, 0.05) is 54.4 Å². The van der Waals surface area contributed by atoms with Gasteiger partial charge in [-0.3, -0.25) is 19.9 Å². The minimum absolute atomic E-state index is 0.00501. The molecule has 11 nitrogen and oxygen atoms in total. The van der Waals surface area contributed by atoms with Crippen LogP contribution in [0.5, 0.6) is 23.0 Å². The summed E-state index contributed by atoms with van der Waals surface area (Å²) < 4.78 is 25.1. The van der Waals surface area contributed by atoms with Crippen LogP contribution in [0.1, 0.15) is 85.5 Å². The van der Waals surface area contributed by atoms with Crippen LogP contribution in [-0.2, 0) is 39.1 Å². The topological polar surface area (TPSA) is 134 Å². The highest BCUT2D eigenvalue weighted by Crippen LogP contribution is 2.62. The summed E-state index contributed by atoms with van der Waals surface area (Å²) in [6, 6.07) is 7.04. The molecule has 10 rings (SSSR count). The molecule has 12 heteroatoms. The number of rotatable bonds is 2. The predicted octanol–water partition coefficient (Wildman–Crippen LogP) is 5.10. The summed E-state index contributed by atoms with van der Waals surface area (Å²) in [5, 5.41) is 25.2. The number of aryl methyl sites for hydroxylation is 2. The Bertz CT molecular complexity index is 2200. The van der Waals surface area contributed by atoms with Gasteiger partial charge in [-0.2, -0.15) is 5.26 Å². The lowest BCUT2D eigenvalue weighted by atomic mass is 9.70. The minimum atomic E-state index is -1.20. The summed E-state index contributed by atoms with van der Waals surface area (Å²) in [5.41, 5.74) is 9.43. The molecule has 7 heterocycles. The molecule has 54 heavy (non-hydrogen) atoms. The number of piperazine rings is 1. The molecule has 7 aliphatic rings. The number of methoxy groups -OCH3 is 1. The number of nitriles is 1. The molecule has 1 unspecified atom stereocenters. The number of phenols is 1. The van der Waals surface area contributed by atoms with Crippen molar-refractivity contribution in [1.82, 2.24) is 15.1 Å². The zero-order valence-electron chi connectivity index (χ0n) is 31.8. The lowest BCUT2D eigenvalue weighted by molar-refractivity contribution is -0.157. The number of thioether (sulfide) groups is 1. The summed E-state index contributed by atoms with van der Waals surface area (Å²) in [6.45, 7) is 10.5. The molecule has 2 saturated heterocycles. The van der Waals surface area contributed by atoms with Gasteiger partial charge in [0.1, 0.15) is 35.6 Å². The first-order valence-electron chi connectivity index (χ1n) is 18.8. The van der Waals surface area contributed by atoms with Gasteiger partial charge in [0.05, 0.1) is 37.1 Å².